The van der Waals surface area contributed by atoms with Gasteiger partial charge in [0.1, 0.15) is 47.7 Å². The molecule has 0 atom stereocenters. The molecule has 0 amide bonds. The van der Waals surface area contributed by atoms with Crippen molar-refractivity contribution in [2.24, 2.45) is 0 Å². The number of fused-ring (bicyclic) bond motifs is 2. The maximum atomic E-state index is 9.31. The van der Waals surface area contributed by atoms with E-state index in [1.165, 1.54) is 62.5 Å². The van der Waals surface area contributed by atoms with Crippen LogP contribution in [0.4, 0.5) is 0 Å². The summed E-state index contributed by atoms with van der Waals surface area (Å²) >= 11 is 0. The van der Waals surface area contributed by atoms with Crippen molar-refractivity contribution >= 4 is 21.5 Å². The molecule has 0 spiro atoms. The van der Waals surface area contributed by atoms with Crippen LogP contribution in [0.15, 0.2) is 206 Å². The van der Waals surface area contributed by atoms with Gasteiger partial charge < -0.3 is 41.3 Å². The van der Waals surface area contributed by atoms with Gasteiger partial charge in [-0.2, -0.15) is 36.2 Å². The molecule has 2 fully saturated rings. The summed E-state index contributed by atoms with van der Waals surface area (Å²) in [5, 5.41) is 22.5. The summed E-state index contributed by atoms with van der Waals surface area (Å²) in [6, 6.07) is 73.6. The number of rotatable bonds is 19. The van der Waals surface area contributed by atoms with Crippen molar-refractivity contribution in [3.63, 3.8) is 0 Å². The predicted octanol–water partition coefficient (Wildman–Crippen LogP) is 18.4. The number of hydrogen-bond donors (Lipinski definition) is 0. The third-order valence-corrected chi connectivity index (χ3v) is 16.0. The van der Waals surface area contributed by atoms with Gasteiger partial charge in [0.2, 0.25) is 13.6 Å². The molecular weight excluding hydrogens is 1190 g/mol. The summed E-state index contributed by atoms with van der Waals surface area (Å²) in [5.74, 6) is 5.43. The first-order chi connectivity index (χ1) is 40.5. The Kier molecular flexibility index (Phi) is 20.7. The average molecular weight is 1250 g/mol. The standard InChI is InChI=1S/C74H62N2O6.2Y/c75-45-51-11-17-57(18-12-51)61-25-35-67(36-26-61)79-49-81-71-41-29-63-43-53(47-77-65-31-21-59(22-32-65)55-7-3-1-4-8-55)15-39-69(63)73(71)74-70-40-16-54(48-78-66-33-23-60(24-34-66)56-9-5-2-6-10-56)44-64(70)30-42-72(74)82-50-80-68-37-27-62(28-38-68)58-19-13-52(46-76)14-20-58;;/h1-2,11-44,55-56H,3-10,47-50H2;;/q-2;;. The van der Waals surface area contributed by atoms with E-state index in [-0.39, 0.29) is 79.0 Å². The molecule has 0 heterocycles. The van der Waals surface area contributed by atoms with Crippen molar-refractivity contribution in [2.45, 2.75) is 76.4 Å². The predicted molar refractivity (Wildman–Crippen MR) is 325 cm³/mol. The molecule has 0 bridgehead atoms. The van der Waals surface area contributed by atoms with Gasteiger partial charge in [0.15, 0.2) is 0 Å². The zero-order valence-corrected chi connectivity index (χ0v) is 52.6. The number of nitriles is 2. The third kappa shape index (κ3) is 14.6. The van der Waals surface area contributed by atoms with Gasteiger partial charge in [-0.3, -0.25) is 0 Å². The second-order valence-corrected chi connectivity index (χ2v) is 21.2. The molecule has 10 aromatic carbocycles. The maximum Gasteiger partial charge on any atom is 0.230 e. The van der Waals surface area contributed by atoms with Crippen LogP contribution in [0.2, 0.25) is 0 Å². The average Bonchev–Trinajstić information content (AvgIpc) is 2.69. The monoisotopic (exact) mass is 1250 g/mol. The van der Waals surface area contributed by atoms with Crippen LogP contribution in [0.25, 0.3) is 54.9 Å². The number of nitrogens with zero attached hydrogens (tertiary/aromatic N) is 2. The Bertz CT molecular complexity index is 3630. The van der Waals surface area contributed by atoms with E-state index in [0.717, 1.165) is 77.6 Å². The van der Waals surface area contributed by atoms with E-state index in [9.17, 15) is 10.5 Å². The maximum absolute atomic E-state index is 9.31. The fourth-order valence-corrected chi connectivity index (χ4v) is 11.5. The summed E-state index contributed by atoms with van der Waals surface area (Å²) < 4.78 is 38.9. The van der Waals surface area contributed by atoms with Crippen LogP contribution >= 0.6 is 0 Å². The van der Waals surface area contributed by atoms with E-state index in [1.807, 2.05) is 109 Å². The Labute approximate surface area is 543 Å². The molecule has 0 aliphatic heterocycles. The molecule has 2 radical (unpaired) electrons. The van der Waals surface area contributed by atoms with Crippen molar-refractivity contribution in [2.75, 3.05) is 13.6 Å². The van der Waals surface area contributed by atoms with E-state index >= 15 is 0 Å². The molecule has 2 aliphatic rings. The Hall–Kier alpha value is -7.29. The molecule has 10 aromatic rings. The van der Waals surface area contributed by atoms with Gasteiger partial charge in [-0.1, -0.05) is 135 Å². The fraction of sp³-hybridized carbons (Fsp3) is 0.189. The van der Waals surface area contributed by atoms with Crippen LogP contribution in [0.5, 0.6) is 34.5 Å². The van der Waals surface area contributed by atoms with E-state index in [0.29, 0.717) is 59.2 Å². The first kappa shape index (κ1) is 59.9. The molecule has 0 aromatic heterocycles. The van der Waals surface area contributed by atoms with Crippen molar-refractivity contribution in [1.82, 2.24) is 0 Å². The minimum Gasteiger partial charge on any atom is -0.489 e. The van der Waals surface area contributed by atoms with Crippen LogP contribution < -0.4 is 28.4 Å². The fourth-order valence-electron chi connectivity index (χ4n) is 11.5. The SMILES string of the molecule is N#Cc1ccc(-c2ccc(OCOc3ccc4cc(COc5ccc(C6CC[CH-]CC6)cc5)ccc4c3-c3c(OCOc4ccc(-c5ccc(C#N)cc5)cc4)ccc4cc(COc5ccc(C6CC[CH-]CC6)cc5)ccc34)cc2)cc1.[Y].[Y]. The van der Waals surface area contributed by atoms with Gasteiger partial charge in [0.25, 0.3) is 0 Å². The quantitative estimate of drug-likeness (QED) is 0.0583. The van der Waals surface area contributed by atoms with Crippen LogP contribution in [0.1, 0.15) is 96.6 Å². The van der Waals surface area contributed by atoms with E-state index in [4.69, 9.17) is 28.4 Å². The zero-order chi connectivity index (χ0) is 55.5. The molecule has 8 nitrogen and oxygen atoms in total. The van der Waals surface area contributed by atoms with E-state index < -0.39 is 0 Å². The Morgan fingerprint density at radius 1 is 0.357 bits per heavy atom. The number of hydrogen-bond acceptors (Lipinski definition) is 8. The summed E-state index contributed by atoms with van der Waals surface area (Å²) in [5.41, 5.74) is 11.8. The normalized spacial score (nSPS) is 13.4. The largest absolute Gasteiger partial charge is 0.489 e. The second kappa shape index (κ2) is 29.0. The van der Waals surface area contributed by atoms with Crippen LogP contribution in [0.3, 0.4) is 0 Å². The first-order valence-corrected chi connectivity index (χ1v) is 28.4. The Balaban J connectivity index is 0.00000393. The van der Waals surface area contributed by atoms with E-state index in [2.05, 4.69) is 122 Å². The first-order valence-electron chi connectivity index (χ1n) is 28.4. The van der Waals surface area contributed by atoms with Gasteiger partial charge >= 0.3 is 0 Å². The summed E-state index contributed by atoms with van der Waals surface area (Å²) in [4.78, 5) is 0. The van der Waals surface area contributed by atoms with Crippen molar-refractivity contribution < 1.29 is 93.8 Å². The zero-order valence-electron chi connectivity index (χ0n) is 46.9. The van der Waals surface area contributed by atoms with Gasteiger partial charge in [0, 0.05) is 76.5 Å². The minimum absolute atomic E-state index is 0. The van der Waals surface area contributed by atoms with Crippen molar-refractivity contribution in [3.05, 3.63) is 252 Å². The number of ether oxygens (including phenoxy) is 6. The Morgan fingerprint density at radius 2 is 0.690 bits per heavy atom. The third-order valence-electron chi connectivity index (χ3n) is 16.0. The molecule has 0 saturated heterocycles. The summed E-state index contributed by atoms with van der Waals surface area (Å²) in [6.45, 7) is 0.676. The number of benzene rings is 10. The molecule has 12 rings (SSSR count). The topological polar surface area (TPSA) is 103 Å². The molecule has 2 saturated carbocycles. The van der Waals surface area contributed by atoms with Gasteiger partial charge in [0.05, 0.1) is 23.3 Å². The van der Waals surface area contributed by atoms with Crippen LogP contribution in [-0.4, -0.2) is 13.6 Å². The van der Waals surface area contributed by atoms with Crippen molar-refractivity contribution in [1.29, 1.82) is 10.5 Å². The van der Waals surface area contributed by atoms with Crippen LogP contribution in [-0.2, 0) is 78.6 Å². The molecule has 2 aliphatic carbocycles. The molecule has 0 unspecified atom stereocenters. The second-order valence-electron chi connectivity index (χ2n) is 21.2. The molecule has 0 N–H and O–H groups in total. The molecule has 10 heteroatoms. The van der Waals surface area contributed by atoms with Crippen LogP contribution in [0, 0.1) is 35.5 Å². The Morgan fingerprint density at radius 3 is 1.05 bits per heavy atom. The van der Waals surface area contributed by atoms with Gasteiger partial charge in [-0.15, -0.1) is 0 Å². The molecule has 84 heavy (non-hydrogen) atoms. The van der Waals surface area contributed by atoms with E-state index in [1.54, 1.807) is 0 Å². The smallest absolute Gasteiger partial charge is 0.230 e. The summed E-state index contributed by atoms with van der Waals surface area (Å²) in [7, 11) is 0. The summed E-state index contributed by atoms with van der Waals surface area (Å²) in [6.07, 6.45) is 14.3. The molecular formula is C74H62N2O6Y2-2. The van der Waals surface area contributed by atoms with Gasteiger partial charge in [-0.25, -0.2) is 0 Å². The van der Waals surface area contributed by atoms with Gasteiger partial charge in [-0.05, 0) is 175 Å². The molecule has 412 valence electrons. The van der Waals surface area contributed by atoms with Crippen molar-refractivity contribution in [3.8, 4) is 80.0 Å². The minimum atomic E-state index is -0.0666.